The average molecular weight is 609 g/mol. The Morgan fingerprint density at radius 3 is 2.38 bits per heavy atom. The highest BCUT2D eigenvalue weighted by Crippen LogP contribution is 2.37. The number of hydrogen-bond acceptors (Lipinski definition) is 4. The summed E-state index contributed by atoms with van der Waals surface area (Å²) in [5.74, 6) is -0.114. The lowest BCUT2D eigenvalue weighted by Gasteiger charge is -2.38. The maximum atomic E-state index is 13.7. The summed E-state index contributed by atoms with van der Waals surface area (Å²) >= 11 is 12.4. The monoisotopic (exact) mass is 607 g/mol. The fourth-order valence-corrected chi connectivity index (χ4v) is 5.29. The number of amides is 1. The number of anilines is 1. The number of piperazine rings is 1. The molecule has 1 aliphatic heterocycles. The number of nitrogens with zero attached hydrogens (tertiary/aromatic N) is 3. The molecule has 6 nitrogen and oxygen atoms in total. The van der Waals surface area contributed by atoms with Gasteiger partial charge in [-0.2, -0.15) is 0 Å². The molecule has 39 heavy (non-hydrogen) atoms. The van der Waals surface area contributed by atoms with Crippen molar-refractivity contribution in [2.45, 2.75) is 25.8 Å². The van der Waals surface area contributed by atoms with E-state index in [1.807, 2.05) is 59.8 Å². The van der Waals surface area contributed by atoms with Crippen LogP contribution in [0.3, 0.4) is 0 Å². The molecular formula is C29H33Cl4N5O. The predicted molar refractivity (Wildman–Crippen MR) is 167 cm³/mol. The van der Waals surface area contributed by atoms with E-state index in [0.29, 0.717) is 35.7 Å². The lowest BCUT2D eigenvalue weighted by molar-refractivity contribution is -0.133. The van der Waals surface area contributed by atoms with Crippen molar-refractivity contribution in [1.29, 1.82) is 0 Å². The summed E-state index contributed by atoms with van der Waals surface area (Å²) in [4.78, 5) is 26.0. The molecule has 4 aromatic rings. The minimum absolute atomic E-state index is 0. The Bertz CT molecular complexity index is 1380. The van der Waals surface area contributed by atoms with Gasteiger partial charge in [0.1, 0.15) is 5.65 Å². The highest BCUT2D eigenvalue weighted by molar-refractivity contribution is 6.31. The minimum atomic E-state index is -0.259. The van der Waals surface area contributed by atoms with Crippen molar-refractivity contribution in [3.05, 3.63) is 82.6 Å². The van der Waals surface area contributed by atoms with Crippen LogP contribution in [0.25, 0.3) is 22.2 Å². The number of aromatic amines is 1. The summed E-state index contributed by atoms with van der Waals surface area (Å²) in [5.41, 5.74) is 5.02. The maximum absolute atomic E-state index is 13.7. The number of carbonyl (C=O) groups is 1. The van der Waals surface area contributed by atoms with Crippen LogP contribution in [0.5, 0.6) is 0 Å². The molecule has 3 heterocycles. The molecule has 10 heteroatoms. The average Bonchev–Trinajstić information content (AvgIpc) is 3.38. The molecule has 0 bridgehead atoms. The molecule has 0 aliphatic carbocycles. The zero-order valence-electron chi connectivity index (χ0n) is 21.9. The highest BCUT2D eigenvalue weighted by Gasteiger charge is 2.30. The van der Waals surface area contributed by atoms with Gasteiger partial charge >= 0.3 is 0 Å². The van der Waals surface area contributed by atoms with Crippen LogP contribution in [-0.4, -0.2) is 59.5 Å². The number of H-pyrrole nitrogens is 1. The number of hydrogen-bond donors (Lipinski definition) is 2. The lowest BCUT2D eigenvalue weighted by Crippen LogP contribution is -2.51. The SMILES string of the molecule is CC(C)NCC(C(=O)N1CCN(c2c(-c3cccc(Cl)c3)cnc3[nH]ccc23)CC1)c1ccc(Cl)cc1.Cl.Cl. The molecule has 208 valence electrons. The van der Waals surface area contributed by atoms with Crippen molar-refractivity contribution >= 4 is 70.6 Å². The maximum Gasteiger partial charge on any atom is 0.231 e. The first-order valence-electron chi connectivity index (χ1n) is 12.7. The van der Waals surface area contributed by atoms with Crippen LogP contribution in [0.4, 0.5) is 5.69 Å². The van der Waals surface area contributed by atoms with Crippen molar-refractivity contribution in [2.24, 2.45) is 0 Å². The molecule has 5 rings (SSSR count). The number of fused-ring (bicyclic) bond motifs is 1. The number of benzene rings is 2. The van der Waals surface area contributed by atoms with E-state index in [1.165, 1.54) is 0 Å². The predicted octanol–water partition coefficient (Wildman–Crippen LogP) is 6.81. The van der Waals surface area contributed by atoms with Gasteiger partial charge in [-0.25, -0.2) is 4.98 Å². The molecule has 0 radical (unpaired) electrons. The molecule has 2 N–H and O–H groups in total. The van der Waals surface area contributed by atoms with Crippen molar-refractivity contribution in [3.8, 4) is 11.1 Å². The molecule has 2 aromatic heterocycles. The molecule has 1 aliphatic rings. The Morgan fingerprint density at radius 2 is 1.72 bits per heavy atom. The van der Waals surface area contributed by atoms with E-state index < -0.39 is 0 Å². The lowest BCUT2D eigenvalue weighted by atomic mass is 9.96. The summed E-state index contributed by atoms with van der Waals surface area (Å²) in [5, 5.41) is 5.88. The Labute approximate surface area is 251 Å². The van der Waals surface area contributed by atoms with Crippen LogP contribution in [0.15, 0.2) is 67.0 Å². The van der Waals surface area contributed by atoms with Gasteiger partial charge in [0, 0.05) is 72.2 Å². The second kappa shape index (κ2) is 13.7. The van der Waals surface area contributed by atoms with E-state index in [9.17, 15) is 4.79 Å². The number of carbonyl (C=O) groups excluding carboxylic acids is 1. The van der Waals surface area contributed by atoms with E-state index in [2.05, 4.69) is 46.2 Å². The third kappa shape index (κ3) is 7.00. The number of rotatable bonds is 7. The normalized spacial score (nSPS) is 14.2. The van der Waals surface area contributed by atoms with Crippen molar-refractivity contribution in [1.82, 2.24) is 20.2 Å². The quantitative estimate of drug-likeness (QED) is 0.242. The number of halogens is 4. The molecule has 0 saturated carbocycles. The van der Waals surface area contributed by atoms with Gasteiger partial charge in [0.2, 0.25) is 5.91 Å². The molecule has 0 spiro atoms. The van der Waals surface area contributed by atoms with E-state index in [0.717, 1.165) is 46.5 Å². The molecule has 1 saturated heterocycles. The Kier molecular flexibility index (Phi) is 10.9. The molecule has 1 fully saturated rings. The summed E-state index contributed by atoms with van der Waals surface area (Å²) < 4.78 is 0. The Balaban J connectivity index is 0.00000210. The Morgan fingerprint density at radius 1 is 1.00 bits per heavy atom. The smallest absolute Gasteiger partial charge is 0.231 e. The zero-order valence-corrected chi connectivity index (χ0v) is 25.0. The van der Waals surface area contributed by atoms with Crippen LogP contribution < -0.4 is 10.2 Å². The topological polar surface area (TPSA) is 64.3 Å². The first-order valence-corrected chi connectivity index (χ1v) is 13.4. The van der Waals surface area contributed by atoms with Gasteiger partial charge in [0.25, 0.3) is 0 Å². The fraction of sp³-hybridized carbons (Fsp3) is 0.310. The van der Waals surface area contributed by atoms with Gasteiger partial charge in [0.15, 0.2) is 0 Å². The van der Waals surface area contributed by atoms with Crippen LogP contribution in [0.1, 0.15) is 25.3 Å². The first kappa shape index (κ1) is 31.1. The van der Waals surface area contributed by atoms with Gasteiger partial charge in [-0.1, -0.05) is 61.3 Å². The van der Waals surface area contributed by atoms with Gasteiger partial charge < -0.3 is 20.1 Å². The number of pyridine rings is 1. The largest absolute Gasteiger partial charge is 0.367 e. The summed E-state index contributed by atoms with van der Waals surface area (Å²) in [6.07, 6.45) is 3.83. The van der Waals surface area contributed by atoms with Gasteiger partial charge in [-0.05, 0) is 41.5 Å². The van der Waals surface area contributed by atoms with E-state index in [-0.39, 0.29) is 36.6 Å². The second-order valence-electron chi connectivity index (χ2n) is 9.75. The van der Waals surface area contributed by atoms with Gasteiger partial charge in [-0.3, -0.25) is 4.79 Å². The van der Waals surface area contributed by atoms with Crippen LogP contribution >= 0.6 is 48.0 Å². The fourth-order valence-electron chi connectivity index (χ4n) is 4.97. The highest BCUT2D eigenvalue weighted by atomic mass is 35.5. The number of nitrogens with one attached hydrogen (secondary N) is 2. The van der Waals surface area contributed by atoms with Crippen molar-refractivity contribution in [2.75, 3.05) is 37.6 Å². The molecule has 2 aromatic carbocycles. The molecule has 1 unspecified atom stereocenters. The first-order chi connectivity index (χ1) is 17.9. The molecular weight excluding hydrogens is 576 g/mol. The standard InChI is InChI=1S/C29H31Cl2N5O.2ClH/c1-19(2)33-18-26(20-6-8-22(30)9-7-20)29(37)36-14-12-35(13-15-36)27-24-10-11-32-28(24)34-17-25(27)21-4-3-5-23(31)16-21;;/h3-11,16-17,19,26,33H,12-15,18H2,1-2H3,(H,32,34);2*1H. The van der Waals surface area contributed by atoms with E-state index >= 15 is 0 Å². The van der Waals surface area contributed by atoms with Crippen LogP contribution in [-0.2, 0) is 4.79 Å². The summed E-state index contributed by atoms with van der Waals surface area (Å²) in [6.45, 7) is 7.53. The second-order valence-corrected chi connectivity index (χ2v) is 10.6. The molecule has 1 atom stereocenters. The minimum Gasteiger partial charge on any atom is -0.367 e. The Hall–Kier alpha value is -2.48. The van der Waals surface area contributed by atoms with Crippen LogP contribution in [0, 0.1) is 0 Å². The summed E-state index contributed by atoms with van der Waals surface area (Å²) in [7, 11) is 0. The van der Waals surface area contributed by atoms with Crippen LogP contribution in [0.2, 0.25) is 10.0 Å². The molecule has 1 amide bonds. The number of aromatic nitrogens is 2. The third-order valence-corrected chi connectivity index (χ3v) is 7.39. The van der Waals surface area contributed by atoms with Gasteiger partial charge in [0.05, 0.1) is 11.6 Å². The van der Waals surface area contributed by atoms with E-state index in [1.54, 1.807) is 0 Å². The third-order valence-electron chi connectivity index (χ3n) is 6.90. The zero-order chi connectivity index (χ0) is 25.9. The van der Waals surface area contributed by atoms with Gasteiger partial charge in [-0.15, -0.1) is 24.8 Å². The van der Waals surface area contributed by atoms with Crippen molar-refractivity contribution in [3.63, 3.8) is 0 Å². The summed E-state index contributed by atoms with van der Waals surface area (Å²) in [6, 6.07) is 17.9. The van der Waals surface area contributed by atoms with Crippen molar-refractivity contribution < 1.29 is 4.79 Å². The van der Waals surface area contributed by atoms with E-state index in [4.69, 9.17) is 23.2 Å².